The maximum atomic E-state index is 14.2. The van der Waals surface area contributed by atoms with E-state index in [4.69, 9.17) is 36.1 Å². The molecule has 48 nitrogen and oxygen atoms in total. The number of nitrogen functional groups attached to an aromatic ring is 1. The minimum absolute atomic E-state index is 0.00284. The number of urea groups is 1. The van der Waals surface area contributed by atoms with Gasteiger partial charge >= 0.3 is 54.0 Å². The summed E-state index contributed by atoms with van der Waals surface area (Å²) in [6.07, 6.45) is 14.5. The standard InChI is InChI=1S/C102H130N20O28/c1-8-15-77-56(7)75(123)47-78(149-77)67(20-12-17-54(5)42-53(4)16-11-18-55(6)76-22-13-23-83(131)150-76)119-100(145)147-50-57-24-30-62(31-25-57)112-90(134)68(21-14-41-107-99(105)144)114-94(138)85(52(2)3)120-101(146)148-51-102-64-36-37-66(103)71(43-65(102)84(64)102)110-61-34-28-58(29-35-61)88(132)106-40-10-9-19-69(96(140)141)116-92(136)73(45-81(127)128)118-93(137)74(46-82(129)130)117-91(135)72(44-80(125)126)113-79(124)39-38-70(97(142)143)115-89(133)59-26-32-60(33-27-59)108-48-63-49-109-87-86(111-63)95(139)122-98(104)121-87/h8,11-13,15-18,20,23-35,49,52-53,56,64-65,67-70,72-78,84-85,108,110,123H,9-10,14,19,21-22,36-48,50-51,103H2,1-7H3,(H,106,132)(H,112,134)(H,113,124)(H,114,138)(H,115,133)(H,116,136)(H,117,135)(H,118,137)(H,119,145)(H,120,146)(H,125,126)(H,127,128)(H,129,130)(H,140,141)(H,142,143)(H3,105,107,144)(H3,104,109,121,122,139)/b15-8+,16-11-,20-12+,54-17+,55-18+,71-66-/t53-,56-,64?,65?,67?,68-,69-,70-,72+,73-,74-,75+,76?,77?,78?,84+,85-,102+/m0/s1. The van der Waals surface area contributed by atoms with E-state index in [0.29, 0.717) is 59.7 Å². The summed E-state index contributed by atoms with van der Waals surface area (Å²) in [5.74, 6) is -17.8. The Balaban J connectivity index is 0.642. The molecule has 2 bridgehead atoms. The molecule has 26 N–H and O–H groups in total. The third-order valence-corrected chi connectivity index (χ3v) is 26.2. The van der Waals surface area contributed by atoms with Crippen LogP contribution in [0.15, 0.2) is 162 Å². The normalized spacial score (nSPS) is 21.0. The predicted octanol–water partition coefficient (Wildman–Crippen LogP) is 5.51. The highest BCUT2D eigenvalue weighted by atomic mass is 16.6. The zero-order valence-corrected chi connectivity index (χ0v) is 83.7. The van der Waals surface area contributed by atoms with E-state index < -0.39 is 206 Å². The molecule has 6 unspecified atom stereocenters. The van der Waals surface area contributed by atoms with Crippen molar-refractivity contribution in [2.45, 2.75) is 237 Å². The Labute approximate surface area is 862 Å². The molecule has 0 spiro atoms. The van der Waals surface area contributed by atoms with Crippen LogP contribution >= 0.6 is 0 Å². The topological polar surface area (TPSA) is 755 Å². The number of carboxylic acids is 5. The number of aromatic nitrogens is 4. The monoisotopic (exact) mass is 2080 g/mol. The molecule has 806 valence electrons. The number of alkyl carbamates (subject to hydrolysis) is 2. The molecule has 48 heteroatoms. The molecule has 0 radical (unpaired) electrons. The molecule has 6 aliphatic rings. The number of anilines is 4. The number of allylic oxidation sites excluding steroid dienone is 9. The van der Waals surface area contributed by atoms with Crippen molar-refractivity contribution in [1.29, 1.82) is 0 Å². The Morgan fingerprint density at radius 3 is 1.84 bits per heavy atom. The number of nitrogens with two attached hydrogens (primary N) is 3. The summed E-state index contributed by atoms with van der Waals surface area (Å²) in [5.41, 5.74) is 23.1. The first kappa shape index (κ1) is 115. The summed E-state index contributed by atoms with van der Waals surface area (Å²) in [7, 11) is 0. The lowest BCUT2D eigenvalue weighted by atomic mass is 9.86. The van der Waals surface area contributed by atoms with Crippen LogP contribution in [0.1, 0.15) is 183 Å². The number of rotatable bonds is 55. The van der Waals surface area contributed by atoms with Crippen LogP contribution in [0.2, 0.25) is 0 Å². The molecule has 4 aliphatic carbocycles. The lowest BCUT2D eigenvalue weighted by molar-refractivity contribution is -0.145. The van der Waals surface area contributed by atoms with E-state index in [1.165, 1.54) is 36.5 Å². The Hall–Kier alpha value is -16.4. The molecule has 2 aliphatic heterocycles. The van der Waals surface area contributed by atoms with Gasteiger partial charge in [-0.2, -0.15) is 9.97 Å². The molecule has 4 heterocycles. The smallest absolute Gasteiger partial charge is 0.408 e. The number of hydrogen-bond donors (Lipinski definition) is 23. The van der Waals surface area contributed by atoms with Crippen LogP contribution < -0.4 is 86.3 Å². The van der Waals surface area contributed by atoms with Crippen LogP contribution in [0, 0.1) is 40.9 Å². The first-order valence-corrected chi connectivity index (χ1v) is 49.1. The number of aliphatic hydroxyl groups excluding tert-OH is 1. The van der Waals surface area contributed by atoms with E-state index in [1.807, 2.05) is 74.8 Å². The quantitative estimate of drug-likeness (QED) is 0.00750. The minimum Gasteiger partial charge on any atom is -0.492 e. The van der Waals surface area contributed by atoms with Crippen molar-refractivity contribution in [3.05, 3.63) is 185 Å². The molecule has 3 aromatic carbocycles. The SMILES string of the molecule is C/C=C/C1OC(C(/C=C/C=C(\C)C[C@@H](C)/C=C\C=C(/C)C2CC=CC(=O)O2)NC(=O)OCc2ccc(NC(=O)[C@H](CCCNC(N)=O)NC(=O)[C@@H](NC(=O)OC[C@@]34C5CC/C(N)=C(/Nc6ccc(C(=O)NCCCC[C@H](NC(=O)[C@H](CC(=O)O)NC(=O)[C@H](CC(=O)O)NC(=O)[C@@H](CC(=O)O)NC(=O)CC[C@H](NC(=O)c7ccc(NCc8cnc9nc(N)nc(O)c9n8)cc7)C(=O)O)C(=O)O)cc6)CC3[C@@H]54)C(C)C)cc2)C[C@@H](O)[C@@H]1C. The summed E-state index contributed by atoms with van der Waals surface area (Å²) in [6, 6.07) is 4.71. The first-order chi connectivity index (χ1) is 71.3. The van der Waals surface area contributed by atoms with Crippen LogP contribution in [0.5, 0.6) is 5.88 Å². The second-order valence-electron chi connectivity index (χ2n) is 37.9. The molecule has 1 saturated heterocycles. The van der Waals surface area contributed by atoms with Crippen LogP contribution in [-0.4, -0.2) is 249 Å². The molecule has 11 rings (SSSR count). The fourth-order valence-electron chi connectivity index (χ4n) is 17.9. The Morgan fingerprint density at radius 1 is 0.620 bits per heavy atom. The highest BCUT2D eigenvalue weighted by molar-refractivity contribution is 6.01. The molecule has 2 saturated carbocycles. The summed E-state index contributed by atoms with van der Waals surface area (Å²) < 4.78 is 23.5. The summed E-state index contributed by atoms with van der Waals surface area (Å²) >= 11 is 0. The lowest BCUT2D eigenvalue weighted by Gasteiger charge is -2.39. The molecular formula is C102H130N20O28. The van der Waals surface area contributed by atoms with E-state index in [0.717, 1.165) is 23.3 Å². The number of hydrogen-bond acceptors (Lipinski definition) is 31. The van der Waals surface area contributed by atoms with Gasteiger partial charge in [-0.05, 0) is 186 Å². The van der Waals surface area contributed by atoms with Gasteiger partial charge < -0.3 is 141 Å². The minimum atomic E-state index is -2.22. The van der Waals surface area contributed by atoms with Crippen molar-refractivity contribution in [1.82, 2.24) is 73.1 Å². The predicted molar refractivity (Wildman–Crippen MR) is 540 cm³/mol. The number of ether oxygens (including phenoxy) is 4. The molecule has 18 atom stereocenters. The van der Waals surface area contributed by atoms with Gasteiger partial charge in [-0.25, -0.2) is 38.7 Å². The summed E-state index contributed by atoms with van der Waals surface area (Å²) in [5, 5.41) is 104. The zero-order chi connectivity index (χ0) is 109. The number of carbonyl (C=O) groups is 17. The maximum absolute atomic E-state index is 14.2. The molecular weight excluding hydrogens is 1950 g/mol. The number of unbranched alkanes of at least 4 members (excludes halogenated alkanes) is 1. The van der Waals surface area contributed by atoms with Gasteiger partial charge in [0.25, 0.3) is 11.8 Å². The number of benzene rings is 3. The molecule has 150 heavy (non-hydrogen) atoms. The number of cyclic esters (lactones) is 1. The first-order valence-electron chi connectivity index (χ1n) is 49.1. The van der Waals surface area contributed by atoms with Crippen LogP contribution in [-0.2, 0) is 89.6 Å². The molecule has 3 fully saturated rings. The number of nitrogens with one attached hydrogen (secondary N) is 13. The maximum Gasteiger partial charge on any atom is 0.408 e. The van der Waals surface area contributed by atoms with Crippen molar-refractivity contribution in [2.24, 2.45) is 52.4 Å². The van der Waals surface area contributed by atoms with Crippen LogP contribution in [0.4, 0.5) is 37.4 Å². The molecule has 2 aromatic heterocycles. The van der Waals surface area contributed by atoms with Crippen LogP contribution in [0.3, 0.4) is 0 Å². The van der Waals surface area contributed by atoms with Crippen LogP contribution in [0.25, 0.3) is 11.2 Å². The second kappa shape index (κ2) is 54.8. The average Bonchev–Trinajstić information content (AvgIpc) is 1.45. The van der Waals surface area contributed by atoms with Crippen molar-refractivity contribution >= 4 is 135 Å². The zero-order valence-electron chi connectivity index (χ0n) is 83.7. The van der Waals surface area contributed by atoms with Gasteiger partial charge in [0.2, 0.25) is 47.3 Å². The second-order valence-corrected chi connectivity index (χ2v) is 37.9. The van der Waals surface area contributed by atoms with E-state index in [-0.39, 0.29) is 147 Å². The number of amides is 12. The summed E-state index contributed by atoms with van der Waals surface area (Å²) in [4.78, 5) is 237. The Bertz CT molecular complexity index is 5990. The summed E-state index contributed by atoms with van der Waals surface area (Å²) in [6.45, 7) is 13.2. The van der Waals surface area contributed by atoms with E-state index in [9.17, 15) is 117 Å². The van der Waals surface area contributed by atoms with Crippen molar-refractivity contribution in [3.8, 4) is 5.88 Å². The van der Waals surface area contributed by atoms with Gasteiger partial charge in [0.1, 0.15) is 55.0 Å². The van der Waals surface area contributed by atoms with E-state index >= 15 is 0 Å². The number of fused-ring (bicyclic) bond motifs is 4. The van der Waals surface area contributed by atoms with E-state index in [1.54, 1.807) is 74.5 Å². The Morgan fingerprint density at radius 2 is 1.21 bits per heavy atom. The number of aromatic hydroxyl groups is 1. The third-order valence-electron chi connectivity index (χ3n) is 26.2. The van der Waals surface area contributed by atoms with E-state index in [2.05, 4.69) is 91.4 Å². The molecule has 5 aromatic rings. The number of esters is 1. The van der Waals surface area contributed by atoms with Crippen molar-refractivity contribution in [2.75, 3.05) is 41.4 Å². The van der Waals surface area contributed by atoms with Gasteiger partial charge in [-0.1, -0.05) is 100 Å². The third kappa shape index (κ3) is 34.6. The molecule has 12 amide bonds. The number of aliphatic hydroxyl groups is 1. The number of carbonyl (C=O) groups excluding carboxylic acids is 12. The largest absolute Gasteiger partial charge is 0.492 e. The highest BCUT2D eigenvalue weighted by Crippen LogP contribution is 2.87. The van der Waals surface area contributed by atoms with Gasteiger partial charge in [0.05, 0.1) is 68.7 Å². The number of carboxylic acid groups (broad SMARTS) is 5. The van der Waals surface area contributed by atoms with Gasteiger partial charge in [-0.3, -0.25) is 52.7 Å². The van der Waals surface area contributed by atoms with Crippen molar-refractivity contribution in [3.63, 3.8) is 0 Å². The number of primary amides is 1. The number of aliphatic carboxylic acids is 5. The van der Waals surface area contributed by atoms with Gasteiger partial charge in [0, 0.05) is 89.3 Å². The fraction of sp³-hybridized carbons (Fsp3) is 0.461. The lowest BCUT2D eigenvalue weighted by Crippen LogP contribution is -2.58. The highest BCUT2D eigenvalue weighted by Gasteiger charge is 2.85. The van der Waals surface area contributed by atoms with Gasteiger partial charge in [-0.15, -0.1) is 0 Å². The Kier molecular flexibility index (Phi) is 42.2. The average molecular weight is 2080 g/mol. The van der Waals surface area contributed by atoms with Gasteiger partial charge in [0.15, 0.2) is 11.2 Å². The fourth-order valence-corrected chi connectivity index (χ4v) is 17.9. The van der Waals surface area contributed by atoms with Crippen molar-refractivity contribution < 1.29 is 136 Å². The number of nitrogens with zero attached hydrogens (tertiary/aromatic N) is 4.